The maximum Gasteiger partial charge on any atom is 0.234 e. The van der Waals surface area contributed by atoms with Crippen LogP contribution in [0.5, 0.6) is 0 Å². The molecule has 20 heavy (non-hydrogen) atoms. The zero-order valence-electron chi connectivity index (χ0n) is 12.1. The Hall–Kier alpha value is -2.17. The molecule has 0 bridgehead atoms. The van der Waals surface area contributed by atoms with Crippen LogP contribution in [0.2, 0.25) is 0 Å². The summed E-state index contributed by atoms with van der Waals surface area (Å²) >= 11 is 0. The van der Waals surface area contributed by atoms with Crippen LogP contribution in [0.4, 0.5) is 0 Å². The number of hydrogen-bond acceptors (Lipinski definition) is 3. The zero-order chi connectivity index (χ0) is 13.0. The number of nitrogens with zero attached hydrogens (tertiary/aromatic N) is 1. The van der Waals surface area contributed by atoms with Crippen LogP contribution in [0.25, 0.3) is 0 Å². The van der Waals surface area contributed by atoms with Gasteiger partial charge in [0.15, 0.2) is 0 Å². The van der Waals surface area contributed by atoms with E-state index in [1.165, 1.54) is 0 Å². The van der Waals surface area contributed by atoms with Crippen LogP contribution in [0.15, 0.2) is 60.7 Å². The predicted molar refractivity (Wildman–Crippen MR) is 83.5 cm³/mol. The topological polar surface area (TPSA) is 90.3 Å². The van der Waals surface area contributed by atoms with Crippen LogP contribution in [0, 0.1) is 0 Å². The third kappa shape index (κ3) is 3.91. The Labute approximate surface area is 120 Å². The Kier molecular flexibility index (Phi) is 7.21. The molecule has 0 aliphatic heterocycles. The van der Waals surface area contributed by atoms with Crippen LogP contribution in [0.3, 0.4) is 0 Å². The Morgan fingerprint density at radius 2 is 1.15 bits per heavy atom. The van der Waals surface area contributed by atoms with Gasteiger partial charge in [-0.1, -0.05) is 60.7 Å². The maximum atomic E-state index is 12.4. The summed E-state index contributed by atoms with van der Waals surface area (Å²) in [4.78, 5) is 14.0. The molecule has 108 valence electrons. The van der Waals surface area contributed by atoms with Crippen molar-refractivity contribution in [2.75, 3.05) is 14.1 Å². The van der Waals surface area contributed by atoms with Crippen molar-refractivity contribution in [1.29, 1.82) is 0 Å². The van der Waals surface area contributed by atoms with E-state index in [-0.39, 0.29) is 24.1 Å². The Morgan fingerprint density at radius 3 is 1.45 bits per heavy atom. The van der Waals surface area contributed by atoms with Crippen molar-refractivity contribution in [1.82, 2.24) is 17.2 Å². The first-order valence-corrected chi connectivity index (χ1v) is 6.01. The molecule has 0 saturated carbocycles. The van der Waals surface area contributed by atoms with Crippen molar-refractivity contribution < 1.29 is 4.79 Å². The normalized spacial score (nSPS) is 9.35. The monoisotopic (exact) mass is 273 g/mol. The van der Waals surface area contributed by atoms with Crippen molar-refractivity contribution in [3.63, 3.8) is 0 Å². The lowest BCUT2D eigenvalue weighted by Gasteiger charge is -2.21. The Balaban J connectivity index is 0.00000180. The van der Waals surface area contributed by atoms with Crippen LogP contribution in [0.1, 0.15) is 17.0 Å². The molecule has 2 rings (SSSR count). The first-order chi connectivity index (χ1) is 8.70. The summed E-state index contributed by atoms with van der Waals surface area (Å²) < 4.78 is 0. The highest BCUT2D eigenvalue weighted by Gasteiger charge is 2.23. The quantitative estimate of drug-likeness (QED) is 0.899. The van der Waals surface area contributed by atoms with Gasteiger partial charge < -0.3 is 17.2 Å². The molecule has 2 aromatic rings. The second-order valence-corrected chi connectivity index (χ2v) is 4.49. The molecule has 0 aliphatic rings. The minimum Gasteiger partial charge on any atom is -0.348 e. The smallest absolute Gasteiger partial charge is 0.234 e. The van der Waals surface area contributed by atoms with Gasteiger partial charge in [0, 0.05) is 14.1 Å². The molecule has 0 aromatic heterocycles. The highest BCUT2D eigenvalue weighted by molar-refractivity contribution is 5.86. The van der Waals surface area contributed by atoms with Gasteiger partial charge >= 0.3 is 0 Å². The van der Waals surface area contributed by atoms with Gasteiger partial charge in [0.05, 0.1) is 5.92 Å². The summed E-state index contributed by atoms with van der Waals surface area (Å²) in [5.41, 5.74) is 2.06. The average Bonchev–Trinajstić information content (AvgIpc) is 2.41. The SMILES string of the molecule is CN(C)C(=O)C(c1ccccc1)c1ccccc1.N.N. The number of hydrogen-bond donors (Lipinski definition) is 2. The summed E-state index contributed by atoms with van der Waals surface area (Å²) in [5, 5.41) is 0. The lowest BCUT2D eigenvalue weighted by molar-refractivity contribution is -0.129. The number of likely N-dealkylation sites (N-methyl/N-ethyl adjacent to an activating group) is 1. The van der Waals surface area contributed by atoms with Crippen LogP contribution in [-0.2, 0) is 4.79 Å². The van der Waals surface area contributed by atoms with E-state index in [1.54, 1.807) is 19.0 Å². The van der Waals surface area contributed by atoms with Crippen molar-refractivity contribution in [3.8, 4) is 0 Å². The molecule has 1 amide bonds. The molecule has 6 N–H and O–H groups in total. The van der Waals surface area contributed by atoms with Crippen molar-refractivity contribution in [2.45, 2.75) is 5.92 Å². The summed E-state index contributed by atoms with van der Waals surface area (Å²) in [6, 6.07) is 19.8. The first-order valence-electron chi connectivity index (χ1n) is 6.01. The molecule has 0 aliphatic carbocycles. The minimum atomic E-state index is -0.220. The molecule has 0 saturated heterocycles. The number of carbonyl (C=O) groups excluding carboxylic acids is 1. The minimum absolute atomic E-state index is 0. The van der Waals surface area contributed by atoms with E-state index in [0.717, 1.165) is 11.1 Å². The van der Waals surface area contributed by atoms with E-state index in [0.29, 0.717) is 0 Å². The fraction of sp³-hybridized carbons (Fsp3) is 0.188. The first kappa shape index (κ1) is 17.8. The Morgan fingerprint density at radius 1 is 0.800 bits per heavy atom. The largest absolute Gasteiger partial charge is 0.348 e. The van der Waals surface area contributed by atoms with Crippen molar-refractivity contribution >= 4 is 5.91 Å². The number of benzene rings is 2. The van der Waals surface area contributed by atoms with E-state index in [4.69, 9.17) is 0 Å². The molecule has 0 spiro atoms. The number of amides is 1. The second-order valence-electron chi connectivity index (χ2n) is 4.49. The van der Waals surface area contributed by atoms with Gasteiger partial charge in [-0.2, -0.15) is 0 Å². The van der Waals surface area contributed by atoms with Gasteiger partial charge in [0.25, 0.3) is 0 Å². The molecule has 0 unspecified atom stereocenters. The standard InChI is InChI=1S/C16H17NO.2H3N/c1-17(2)16(18)15(13-9-5-3-6-10-13)14-11-7-4-8-12-14;;/h3-12,15H,1-2H3;2*1H3. The second kappa shape index (κ2) is 8.09. The molecule has 4 heteroatoms. The number of carbonyl (C=O) groups is 1. The molecule has 0 fully saturated rings. The molecule has 2 aromatic carbocycles. The lowest BCUT2D eigenvalue weighted by atomic mass is 9.90. The fourth-order valence-corrected chi connectivity index (χ4v) is 2.03. The van der Waals surface area contributed by atoms with Gasteiger partial charge in [0.2, 0.25) is 5.91 Å². The molecular formula is C16H23N3O. The average molecular weight is 273 g/mol. The van der Waals surface area contributed by atoms with E-state index in [1.807, 2.05) is 60.7 Å². The van der Waals surface area contributed by atoms with E-state index in [2.05, 4.69) is 0 Å². The Bertz CT molecular complexity index is 472. The van der Waals surface area contributed by atoms with E-state index in [9.17, 15) is 4.79 Å². The molecule has 4 nitrogen and oxygen atoms in total. The van der Waals surface area contributed by atoms with Gasteiger partial charge in [-0.3, -0.25) is 4.79 Å². The predicted octanol–water partition coefficient (Wildman–Crippen LogP) is 3.23. The highest BCUT2D eigenvalue weighted by Crippen LogP contribution is 2.25. The van der Waals surface area contributed by atoms with Crippen molar-refractivity contribution in [2.24, 2.45) is 0 Å². The van der Waals surface area contributed by atoms with Crippen LogP contribution in [-0.4, -0.2) is 24.9 Å². The summed E-state index contributed by atoms with van der Waals surface area (Å²) in [7, 11) is 3.59. The lowest BCUT2D eigenvalue weighted by Crippen LogP contribution is -2.28. The van der Waals surface area contributed by atoms with Crippen molar-refractivity contribution in [3.05, 3.63) is 71.8 Å². The number of rotatable bonds is 3. The molecule has 0 heterocycles. The van der Waals surface area contributed by atoms with E-state index < -0.39 is 0 Å². The van der Waals surface area contributed by atoms with Crippen LogP contribution < -0.4 is 12.3 Å². The highest BCUT2D eigenvalue weighted by atomic mass is 16.2. The van der Waals surface area contributed by atoms with Gasteiger partial charge in [-0.15, -0.1) is 0 Å². The third-order valence-electron chi connectivity index (χ3n) is 2.95. The third-order valence-corrected chi connectivity index (χ3v) is 2.95. The molecular weight excluding hydrogens is 250 g/mol. The van der Waals surface area contributed by atoms with Gasteiger partial charge in [0.1, 0.15) is 0 Å². The molecule has 0 atom stereocenters. The maximum absolute atomic E-state index is 12.4. The van der Waals surface area contributed by atoms with Crippen LogP contribution >= 0.6 is 0 Å². The fourth-order valence-electron chi connectivity index (χ4n) is 2.03. The summed E-state index contributed by atoms with van der Waals surface area (Å²) in [6.45, 7) is 0. The zero-order valence-corrected chi connectivity index (χ0v) is 12.1. The van der Waals surface area contributed by atoms with E-state index >= 15 is 0 Å². The summed E-state index contributed by atoms with van der Waals surface area (Å²) in [5.74, 6) is -0.116. The van der Waals surface area contributed by atoms with Gasteiger partial charge in [-0.25, -0.2) is 0 Å². The van der Waals surface area contributed by atoms with Gasteiger partial charge in [-0.05, 0) is 11.1 Å². The summed E-state index contributed by atoms with van der Waals surface area (Å²) in [6.07, 6.45) is 0. The molecule has 0 radical (unpaired) electrons.